The highest BCUT2D eigenvalue weighted by Gasteiger charge is 2.23. The summed E-state index contributed by atoms with van der Waals surface area (Å²) in [6, 6.07) is 0.644. The van der Waals surface area contributed by atoms with Crippen molar-refractivity contribution in [3.63, 3.8) is 0 Å². The summed E-state index contributed by atoms with van der Waals surface area (Å²) in [4.78, 5) is 16.5. The Morgan fingerprint density at radius 2 is 2.22 bits per heavy atom. The summed E-state index contributed by atoms with van der Waals surface area (Å²) in [6.07, 6.45) is 0.638. The molecular weight excluding hydrogens is 246 g/mol. The first-order valence-electron chi connectivity index (χ1n) is 6.80. The fourth-order valence-electron chi connectivity index (χ4n) is 2.44. The van der Waals surface area contributed by atoms with Crippen LogP contribution >= 0.6 is 11.8 Å². The van der Waals surface area contributed by atoms with Crippen LogP contribution in [-0.4, -0.2) is 73.0 Å². The molecule has 0 aromatic heterocycles. The van der Waals surface area contributed by atoms with Gasteiger partial charge in [0, 0.05) is 49.6 Å². The van der Waals surface area contributed by atoms with E-state index in [1.165, 1.54) is 5.75 Å². The first-order valence-corrected chi connectivity index (χ1v) is 7.95. The zero-order valence-electron chi connectivity index (χ0n) is 12.1. The number of nitrogens with zero attached hydrogens (tertiary/aromatic N) is 2. The van der Waals surface area contributed by atoms with Gasteiger partial charge in [0.1, 0.15) is 0 Å². The van der Waals surface area contributed by atoms with E-state index in [2.05, 4.69) is 24.1 Å². The van der Waals surface area contributed by atoms with Gasteiger partial charge in [0.05, 0.1) is 0 Å². The summed E-state index contributed by atoms with van der Waals surface area (Å²) in [7, 11) is 4.10. The minimum absolute atomic E-state index is 0.284. The Kier molecular flexibility index (Phi) is 7.04. The van der Waals surface area contributed by atoms with Crippen LogP contribution in [0.5, 0.6) is 0 Å². The highest BCUT2D eigenvalue weighted by atomic mass is 32.2. The second kappa shape index (κ2) is 8.02. The van der Waals surface area contributed by atoms with Crippen LogP contribution in [-0.2, 0) is 4.79 Å². The fraction of sp³-hybridized carbons (Fsp3) is 0.923. The minimum Gasteiger partial charge on any atom is -0.339 e. The molecule has 1 amide bonds. The van der Waals surface area contributed by atoms with Crippen molar-refractivity contribution < 1.29 is 4.79 Å². The standard InChI is InChI=1S/C13H27N3OS/c1-5-16(11(2)9-15(3)4)13(17)8-12-10-18-7-6-14-12/h11-12,14H,5-10H2,1-4H3. The quantitative estimate of drug-likeness (QED) is 0.779. The van der Waals surface area contributed by atoms with Crippen LogP contribution in [0.25, 0.3) is 0 Å². The molecule has 2 unspecified atom stereocenters. The number of amides is 1. The largest absolute Gasteiger partial charge is 0.339 e. The van der Waals surface area contributed by atoms with Crippen molar-refractivity contribution >= 4 is 17.7 Å². The maximum Gasteiger partial charge on any atom is 0.224 e. The molecule has 0 radical (unpaired) electrons. The van der Waals surface area contributed by atoms with Gasteiger partial charge in [0.25, 0.3) is 0 Å². The lowest BCUT2D eigenvalue weighted by Crippen LogP contribution is -2.47. The molecule has 1 N–H and O–H groups in total. The molecule has 1 aliphatic heterocycles. The highest BCUT2D eigenvalue weighted by molar-refractivity contribution is 7.99. The van der Waals surface area contributed by atoms with Crippen molar-refractivity contribution in [3.05, 3.63) is 0 Å². The molecule has 0 bridgehead atoms. The van der Waals surface area contributed by atoms with E-state index in [0.29, 0.717) is 12.5 Å². The Morgan fingerprint density at radius 3 is 2.72 bits per heavy atom. The third-order valence-corrected chi connectivity index (χ3v) is 4.37. The van der Waals surface area contributed by atoms with Gasteiger partial charge in [-0.15, -0.1) is 0 Å². The topological polar surface area (TPSA) is 35.6 Å². The summed E-state index contributed by atoms with van der Waals surface area (Å²) in [5, 5.41) is 3.43. The van der Waals surface area contributed by atoms with Crippen molar-refractivity contribution in [2.45, 2.75) is 32.4 Å². The molecule has 4 nitrogen and oxygen atoms in total. The van der Waals surface area contributed by atoms with Gasteiger partial charge in [0.15, 0.2) is 0 Å². The van der Waals surface area contributed by atoms with E-state index in [-0.39, 0.29) is 11.9 Å². The molecule has 1 heterocycles. The molecule has 0 spiro atoms. The van der Waals surface area contributed by atoms with Crippen LogP contribution in [0.1, 0.15) is 20.3 Å². The van der Waals surface area contributed by atoms with E-state index in [1.54, 1.807) is 0 Å². The Morgan fingerprint density at radius 1 is 1.50 bits per heavy atom. The van der Waals surface area contributed by atoms with Crippen LogP contribution in [0.3, 0.4) is 0 Å². The zero-order valence-corrected chi connectivity index (χ0v) is 12.9. The van der Waals surface area contributed by atoms with Gasteiger partial charge in [-0.25, -0.2) is 0 Å². The Balaban J connectivity index is 2.45. The normalized spacial score (nSPS) is 21.9. The molecule has 1 rings (SSSR count). The summed E-state index contributed by atoms with van der Waals surface area (Å²) in [5.74, 6) is 2.51. The molecule has 18 heavy (non-hydrogen) atoms. The number of carbonyl (C=O) groups excluding carboxylic acids is 1. The van der Waals surface area contributed by atoms with Gasteiger partial charge in [-0.3, -0.25) is 4.79 Å². The molecule has 1 saturated heterocycles. The summed E-state index contributed by atoms with van der Waals surface area (Å²) in [5.41, 5.74) is 0. The number of rotatable bonds is 6. The van der Waals surface area contributed by atoms with Crippen LogP contribution in [0, 0.1) is 0 Å². The SMILES string of the molecule is CCN(C(=O)CC1CSCCN1)C(C)CN(C)C. The third kappa shape index (κ3) is 5.16. The number of likely N-dealkylation sites (N-methyl/N-ethyl adjacent to an activating group) is 2. The van der Waals surface area contributed by atoms with Gasteiger partial charge >= 0.3 is 0 Å². The van der Waals surface area contributed by atoms with Crippen molar-refractivity contribution in [1.82, 2.24) is 15.1 Å². The first kappa shape index (κ1) is 15.8. The molecule has 5 heteroatoms. The van der Waals surface area contributed by atoms with E-state index in [9.17, 15) is 4.79 Å². The second-order valence-corrected chi connectivity index (χ2v) is 6.37. The van der Waals surface area contributed by atoms with Gasteiger partial charge in [-0.1, -0.05) is 0 Å². The lowest BCUT2D eigenvalue weighted by molar-refractivity contribution is -0.133. The van der Waals surface area contributed by atoms with E-state index in [4.69, 9.17) is 0 Å². The van der Waals surface area contributed by atoms with Crippen LogP contribution in [0.4, 0.5) is 0 Å². The van der Waals surface area contributed by atoms with Gasteiger partial charge in [0.2, 0.25) is 5.91 Å². The smallest absolute Gasteiger partial charge is 0.224 e. The number of hydrogen-bond donors (Lipinski definition) is 1. The summed E-state index contributed by atoms with van der Waals surface area (Å²) in [6.45, 7) is 6.94. The number of nitrogens with one attached hydrogen (secondary N) is 1. The lowest BCUT2D eigenvalue weighted by Gasteiger charge is -2.32. The molecule has 1 fully saturated rings. The molecule has 2 atom stereocenters. The third-order valence-electron chi connectivity index (χ3n) is 3.24. The van der Waals surface area contributed by atoms with E-state index in [1.807, 2.05) is 30.8 Å². The fourth-order valence-corrected chi connectivity index (χ4v) is 3.39. The predicted octanol–water partition coefficient (Wildman–Crippen LogP) is 0.880. The lowest BCUT2D eigenvalue weighted by atomic mass is 10.1. The van der Waals surface area contributed by atoms with Crippen molar-refractivity contribution in [2.24, 2.45) is 0 Å². The molecule has 1 aliphatic rings. The van der Waals surface area contributed by atoms with Crippen molar-refractivity contribution in [3.8, 4) is 0 Å². The summed E-state index contributed by atoms with van der Waals surface area (Å²) < 4.78 is 0. The first-order chi connectivity index (χ1) is 8.54. The molecule has 0 aliphatic carbocycles. The van der Waals surface area contributed by atoms with Crippen LogP contribution < -0.4 is 5.32 Å². The number of carbonyl (C=O) groups is 1. The monoisotopic (exact) mass is 273 g/mol. The Labute approximate surface area is 115 Å². The average Bonchev–Trinajstić information content (AvgIpc) is 2.30. The number of thioether (sulfide) groups is 1. The Hall–Kier alpha value is -0.260. The molecule has 0 aromatic carbocycles. The number of hydrogen-bond acceptors (Lipinski definition) is 4. The van der Waals surface area contributed by atoms with E-state index >= 15 is 0 Å². The molecule has 0 aromatic rings. The second-order valence-electron chi connectivity index (χ2n) is 5.22. The summed E-state index contributed by atoms with van der Waals surface area (Å²) >= 11 is 1.94. The van der Waals surface area contributed by atoms with Crippen molar-refractivity contribution in [1.29, 1.82) is 0 Å². The van der Waals surface area contributed by atoms with Gasteiger partial charge < -0.3 is 15.1 Å². The van der Waals surface area contributed by atoms with Crippen molar-refractivity contribution in [2.75, 3.05) is 45.2 Å². The molecule has 106 valence electrons. The van der Waals surface area contributed by atoms with Gasteiger partial charge in [-0.05, 0) is 27.9 Å². The predicted molar refractivity (Wildman–Crippen MR) is 79.1 cm³/mol. The minimum atomic E-state index is 0.284. The Bertz CT molecular complexity index is 255. The average molecular weight is 273 g/mol. The van der Waals surface area contributed by atoms with Crippen LogP contribution in [0.2, 0.25) is 0 Å². The maximum atomic E-state index is 12.3. The molecular formula is C13H27N3OS. The zero-order chi connectivity index (χ0) is 13.5. The van der Waals surface area contributed by atoms with Crippen LogP contribution in [0.15, 0.2) is 0 Å². The molecule has 0 saturated carbocycles. The van der Waals surface area contributed by atoms with E-state index in [0.717, 1.165) is 25.4 Å². The maximum absolute atomic E-state index is 12.3. The highest BCUT2D eigenvalue weighted by Crippen LogP contribution is 2.12. The van der Waals surface area contributed by atoms with Gasteiger partial charge in [-0.2, -0.15) is 11.8 Å². The van der Waals surface area contributed by atoms with E-state index < -0.39 is 0 Å².